The smallest absolute Gasteiger partial charge is 0.264 e. The number of ether oxygens (including phenoxy) is 4. The van der Waals surface area contributed by atoms with Gasteiger partial charge in [-0.2, -0.15) is 0 Å². The Morgan fingerprint density at radius 3 is 1.48 bits per heavy atom. The van der Waals surface area contributed by atoms with E-state index in [1.165, 1.54) is 22.3 Å². The van der Waals surface area contributed by atoms with Gasteiger partial charge in [0.1, 0.15) is 11.5 Å². The average molecular weight is 1290 g/mol. The van der Waals surface area contributed by atoms with Gasteiger partial charge in [0, 0.05) is 77.7 Å². The SMILES string of the molecule is C=S1(=O)NC(=O)c2ccc3c(c2)N(C[C@@H]2CC[C@H]2[C@@](O)(COC)CCCC[C@H]1CC)C[C@@]1(CCCc2cc(Cl)ccc21)CO3.CC[C@@H]1CCCC[C@@](O)(COC)[C@@H]2CC[C@H]2CN2C[C@@]3(CCCc4cc(Cl)ccc43)COc3ccc(cc32)C(=O)NS1(=O)=O. The van der Waals surface area contributed by atoms with Crippen LogP contribution in [-0.2, 0) is 52.9 Å². The monoisotopic (exact) mass is 1290 g/mol. The van der Waals surface area contributed by atoms with Crippen LogP contribution in [0.25, 0.3) is 0 Å². The molecule has 0 radical (unpaired) electrons. The highest BCUT2D eigenvalue weighted by Crippen LogP contribution is 2.52. The van der Waals surface area contributed by atoms with Crippen molar-refractivity contribution in [3.63, 3.8) is 0 Å². The van der Waals surface area contributed by atoms with Gasteiger partial charge in [-0.3, -0.25) is 14.3 Å². The highest BCUT2D eigenvalue weighted by Gasteiger charge is 2.51. The van der Waals surface area contributed by atoms with Crippen molar-refractivity contribution >= 4 is 72.0 Å². The normalized spacial score (nSPS) is 33.0. The number of methoxy groups -OCH3 is 2. The zero-order valence-electron chi connectivity index (χ0n) is 51.9. The molecule has 88 heavy (non-hydrogen) atoms. The summed E-state index contributed by atoms with van der Waals surface area (Å²) < 4.78 is 69.9. The van der Waals surface area contributed by atoms with Crippen molar-refractivity contribution in [2.75, 3.05) is 76.6 Å². The van der Waals surface area contributed by atoms with Crippen LogP contribution in [0.1, 0.15) is 172 Å². The number of nitrogens with zero attached hydrogens (tertiary/aromatic N) is 2. The number of carbonyl (C=O) groups is 2. The summed E-state index contributed by atoms with van der Waals surface area (Å²) in [6.45, 7) is 8.25. The number of aliphatic hydroxyl groups is 2. The molecule has 4 bridgehead atoms. The van der Waals surface area contributed by atoms with E-state index in [1.807, 2.05) is 38.1 Å². The van der Waals surface area contributed by atoms with Crippen molar-refractivity contribution in [3.05, 3.63) is 116 Å². The van der Waals surface area contributed by atoms with E-state index in [1.54, 1.807) is 38.5 Å². The molecule has 4 aromatic carbocycles. The lowest BCUT2D eigenvalue weighted by atomic mass is 9.63. The highest BCUT2D eigenvalue weighted by atomic mass is 35.5. The van der Waals surface area contributed by atoms with Crippen molar-refractivity contribution in [1.29, 1.82) is 0 Å². The summed E-state index contributed by atoms with van der Waals surface area (Å²) in [5.74, 6) is 5.13. The number of carbonyl (C=O) groups excluding carboxylic acids is 2. The topological polar surface area (TPSA) is 193 Å². The third-order valence-corrected chi connectivity index (χ3v) is 26.2. The molecule has 2 amide bonds. The first-order valence-corrected chi connectivity index (χ1v) is 36.5. The summed E-state index contributed by atoms with van der Waals surface area (Å²) in [6, 6.07) is 23.2. The Balaban J connectivity index is 0.000000182. The van der Waals surface area contributed by atoms with Gasteiger partial charge < -0.3 is 39.0 Å². The van der Waals surface area contributed by atoms with Crippen molar-refractivity contribution in [1.82, 2.24) is 9.44 Å². The molecule has 8 aliphatic rings. The van der Waals surface area contributed by atoms with Gasteiger partial charge in [0.05, 0.1) is 64.0 Å². The van der Waals surface area contributed by atoms with Crippen molar-refractivity contribution in [2.24, 2.45) is 23.7 Å². The maximum absolute atomic E-state index is 13.8. The summed E-state index contributed by atoms with van der Waals surface area (Å²) in [4.78, 5) is 31.7. The van der Waals surface area contributed by atoms with E-state index in [-0.39, 0.29) is 57.8 Å². The van der Waals surface area contributed by atoms with E-state index in [0.717, 1.165) is 117 Å². The van der Waals surface area contributed by atoms with Crippen LogP contribution >= 0.6 is 23.2 Å². The fraction of sp³-hybridized carbons (Fsp3) is 0.609. The zero-order chi connectivity index (χ0) is 62.2. The number of amides is 2. The van der Waals surface area contributed by atoms with Crippen LogP contribution in [0.5, 0.6) is 11.5 Å². The van der Waals surface area contributed by atoms with Gasteiger partial charge in [-0.05, 0) is 215 Å². The second-order valence-electron chi connectivity index (χ2n) is 27.2. The van der Waals surface area contributed by atoms with Gasteiger partial charge in [-0.15, -0.1) is 0 Å². The number of hydrogen-bond acceptors (Lipinski definition) is 13. The average Bonchev–Trinajstić information content (AvgIpc) is 1.69. The fourth-order valence-electron chi connectivity index (χ4n) is 16.7. The molecule has 0 saturated heterocycles. The molecule has 12 rings (SSSR count). The lowest BCUT2D eigenvalue weighted by Crippen LogP contribution is -2.54. The van der Waals surface area contributed by atoms with Crippen molar-refractivity contribution < 1.29 is 51.4 Å². The molecule has 2 spiro atoms. The van der Waals surface area contributed by atoms with Crippen LogP contribution in [0.2, 0.25) is 10.0 Å². The molecule has 2 fully saturated rings. The second-order valence-corrected chi connectivity index (χ2v) is 32.4. The number of benzene rings is 4. The molecule has 2 saturated carbocycles. The number of sulfonamides is 1. The number of fused-ring (bicyclic) bond motifs is 8. The van der Waals surface area contributed by atoms with Crippen LogP contribution in [-0.4, -0.2) is 129 Å². The van der Waals surface area contributed by atoms with Crippen LogP contribution in [0.15, 0.2) is 72.8 Å². The molecule has 0 aromatic heterocycles. The molecular weight excluding hydrogens is 1200 g/mol. The molecule has 4 aromatic rings. The predicted molar refractivity (Wildman–Crippen MR) is 351 cm³/mol. The molecule has 11 atom stereocenters. The molecule has 4 heterocycles. The van der Waals surface area contributed by atoms with E-state index < -0.39 is 42.1 Å². The van der Waals surface area contributed by atoms with Crippen LogP contribution in [0.3, 0.4) is 0 Å². The standard InChI is InChI=1S/C35H47ClN2O5S.C34H45ClN2O6S/c1-4-28-9-5-6-17-35(40,23-42-2)30-13-10-26(30)20-38-21-34(16-7-8-24-18-27(36)12-14-29(24)34)22-43-32-15-11-25(19-31(32)38)33(39)37-44(28,3)41;1-3-27-8-4-5-16-34(39,22-42-2)29-12-9-25(29)19-37-20-33(15-6-7-23-17-26(35)11-13-28(23)33)21-43-31-14-10-24(18-30(31)37)32(38)36-44(27,40)41/h11-12,14-15,18-19,26,28,30,40H,3-10,13,16-17,20-23H2,1-2H3,(H,37,39,41);10-11,13-14,17-18,25,27,29,39H,3-9,12,15-16,19-22H2,1-2H3,(H,36,38)/t26-,28+,30+,34-,35-,44?;25-,27+,29+,33-,34+/m00/s1. The molecular formula is C69H92Cl2N4O11S2. The van der Waals surface area contributed by atoms with E-state index in [4.69, 9.17) is 42.1 Å². The number of nitrogens with one attached hydrogen (secondary N) is 2. The largest absolute Gasteiger partial charge is 0.490 e. The Kier molecular flexibility index (Phi) is 19.6. The Morgan fingerprint density at radius 2 is 1.05 bits per heavy atom. The third-order valence-electron chi connectivity index (χ3n) is 21.7. The lowest BCUT2D eigenvalue weighted by molar-refractivity contribution is -0.125. The molecule has 1 unspecified atom stereocenters. The first-order chi connectivity index (χ1) is 42.1. The lowest BCUT2D eigenvalue weighted by Gasteiger charge is -2.50. The van der Waals surface area contributed by atoms with Crippen LogP contribution < -0.4 is 28.7 Å². The number of rotatable bonds is 6. The summed E-state index contributed by atoms with van der Waals surface area (Å²) in [5, 5.41) is 24.6. The Morgan fingerprint density at radius 1 is 0.591 bits per heavy atom. The number of halogens is 2. The minimum absolute atomic E-state index is 0.0635. The highest BCUT2D eigenvalue weighted by molar-refractivity contribution is 7.99. The van der Waals surface area contributed by atoms with Gasteiger partial charge in [0.2, 0.25) is 10.0 Å². The number of anilines is 2. The summed E-state index contributed by atoms with van der Waals surface area (Å²) in [7, 11) is -3.48. The van der Waals surface area contributed by atoms with Crippen LogP contribution in [0.4, 0.5) is 11.4 Å². The van der Waals surface area contributed by atoms with Crippen molar-refractivity contribution in [3.8, 4) is 11.5 Å². The van der Waals surface area contributed by atoms with E-state index in [0.29, 0.717) is 95.6 Å². The first-order valence-electron chi connectivity index (χ1n) is 32.4. The summed E-state index contributed by atoms with van der Waals surface area (Å²) in [5.41, 5.74) is 5.03. The van der Waals surface area contributed by atoms with E-state index in [2.05, 4.69) is 49.4 Å². The maximum Gasteiger partial charge on any atom is 0.264 e. The van der Waals surface area contributed by atoms with Gasteiger partial charge in [-0.25, -0.2) is 17.3 Å². The Bertz CT molecular complexity index is 3220. The summed E-state index contributed by atoms with van der Waals surface area (Å²) >= 11 is 12.8. The van der Waals surface area contributed by atoms with Gasteiger partial charge >= 0.3 is 0 Å². The first kappa shape index (κ1) is 64.9. The van der Waals surface area contributed by atoms with Gasteiger partial charge in [0.15, 0.2) is 0 Å². The quantitative estimate of drug-likeness (QED) is 0.133. The van der Waals surface area contributed by atoms with E-state index >= 15 is 0 Å². The third kappa shape index (κ3) is 13.2. The number of aryl methyl sites for hydroxylation is 2. The molecule has 4 aliphatic carbocycles. The molecule has 19 heteroatoms. The summed E-state index contributed by atoms with van der Waals surface area (Å²) in [6.07, 6.45) is 16.1. The molecule has 4 N–H and O–H groups in total. The Labute approximate surface area is 532 Å². The zero-order valence-corrected chi connectivity index (χ0v) is 55.1. The molecule has 480 valence electrons. The molecule has 4 aliphatic heterocycles. The maximum atomic E-state index is 13.8. The molecule has 15 nitrogen and oxygen atoms in total. The minimum atomic E-state index is -3.89. The van der Waals surface area contributed by atoms with Gasteiger partial charge in [0.25, 0.3) is 11.8 Å². The van der Waals surface area contributed by atoms with E-state index in [9.17, 15) is 32.4 Å². The Hall–Kier alpha value is -4.59. The second kappa shape index (κ2) is 26.6. The number of hydrogen-bond donors (Lipinski definition) is 4. The predicted octanol–water partition coefficient (Wildman–Crippen LogP) is 11.6. The van der Waals surface area contributed by atoms with Crippen molar-refractivity contribution in [2.45, 2.75) is 175 Å². The van der Waals surface area contributed by atoms with Crippen LogP contribution in [0, 0.1) is 23.7 Å². The minimum Gasteiger partial charge on any atom is -0.490 e. The van der Waals surface area contributed by atoms with Gasteiger partial charge in [-0.1, -0.05) is 74.9 Å². The fourth-order valence-corrected chi connectivity index (χ4v) is 20.2.